The van der Waals surface area contributed by atoms with Crippen LogP contribution in [-0.2, 0) is 20.7 Å². The smallest absolute Gasteiger partial charge is 0.243 e. The molecule has 0 saturated carbocycles. The summed E-state index contributed by atoms with van der Waals surface area (Å²) in [5.74, 6) is -0.411. The van der Waals surface area contributed by atoms with Gasteiger partial charge in [0, 0.05) is 25.4 Å². The Kier molecular flexibility index (Phi) is 8.18. The maximum absolute atomic E-state index is 12.4. The Morgan fingerprint density at radius 3 is 2.62 bits per heavy atom. The molecule has 0 aromatic heterocycles. The van der Waals surface area contributed by atoms with Gasteiger partial charge >= 0.3 is 0 Å². The lowest BCUT2D eigenvalue weighted by Crippen LogP contribution is -2.50. The highest BCUT2D eigenvalue weighted by molar-refractivity contribution is 5.95. The molecule has 1 fully saturated rings. The van der Waals surface area contributed by atoms with Gasteiger partial charge in [-0.3, -0.25) is 9.59 Å². The van der Waals surface area contributed by atoms with Crippen molar-refractivity contribution in [1.82, 2.24) is 5.32 Å². The molecule has 0 aliphatic carbocycles. The maximum Gasteiger partial charge on any atom is 0.243 e. The van der Waals surface area contributed by atoms with Crippen LogP contribution < -0.4 is 16.4 Å². The Labute approximate surface area is 148 Å². The van der Waals surface area contributed by atoms with Crippen molar-refractivity contribution in [2.75, 3.05) is 31.6 Å². The van der Waals surface area contributed by atoms with Gasteiger partial charge in [0.1, 0.15) is 0 Å². The largest absolute Gasteiger partial charge is 0.381 e. The monoisotopic (exact) mass is 355 g/mol. The first kappa shape index (κ1) is 20.4. The molecule has 0 atom stereocenters. The second kappa shape index (κ2) is 9.61. The van der Waals surface area contributed by atoms with Gasteiger partial charge in [-0.15, -0.1) is 12.4 Å². The highest BCUT2D eigenvalue weighted by Gasteiger charge is 2.38. The summed E-state index contributed by atoms with van der Waals surface area (Å²) in [6.45, 7) is 3.32. The van der Waals surface area contributed by atoms with E-state index in [-0.39, 0.29) is 37.3 Å². The molecular weight excluding hydrogens is 330 g/mol. The summed E-state index contributed by atoms with van der Waals surface area (Å²) in [5.41, 5.74) is 7.06. The van der Waals surface area contributed by atoms with E-state index in [1.165, 1.54) is 0 Å². The van der Waals surface area contributed by atoms with Crippen LogP contribution in [0.25, 0.3) is 0 Å². The number of halogens is 1. The molecule has 6 nitrogen and oxygen atoms in total. The van der Waals surface area contributed by atoms with Gasteiger partial charge in [0.25, 0.3) is 0 Å². The molecule has 1 aliphatic heterocycles. The average molecular weight is 356 g/mol. The van der Waals surface area contributed by atoms with Crippen LogP contribution in [0, 0.1) is 5.41 Å². The molecule has 1 aliphatic rings. The lowest BCUT2D eigenvalue weighted by atomic mass is 9.79. The van der Waals surface area contributed by atoms with Crippen molar-refractivity contribution < 1.29 is 14.3 Å². The highest BCUT2D eigenvalue weighted by Crippen LogP contribution is 2.29. The third-order valence-electron chi connectivity index (χ3n) is 4.35. The summed E-state index contributed by atoms with van der Waals surface area (Å²) >= 11 is 0. The fourth-order valence-electron chi connectivity index (χ4n) is 2.71. The number of aryl methyl sites for hydroxylation is 1. The van der Waals surface area contributed by atoms with Crippen LogP contribution in [0.2, 0.25) is 0 Å². The first-order valence-electron chi connectivity index (χ1n) is 8.04. The number of amides is 2. The fourth-order valence-corrected chi connectivity index (χ4v) is 2.71. The minimum Gasteiger partial charge on any atom is -0.381 e. The molecule has 1 heterocycles. The Bertz CT molecular complexity index is 560. The lowest BCUT2D eigenvalue weighted by Gasteiger charge is -2.34. The molecule has 1 aromatic rings. The van der Waals surface area contributed by atoms with E-state index in [0.717, 1.165) is 17.7 Å². The van der Waals surface area contributed by atoms with E-state index in [1.54, 1.807) is 0 Å². The van der Waals surface area contributed by atoms with Gasteiger partial charge in [-0.25, -0.2) is 0 Å². The zero-order valence-electron chi connectivity index (χ0n) is 14.0. The van der Waals surface area contributed by atoms with Gasteiger partial charge in [0.15, 0.2) is 0 Å². The van der Waals surface area contributed by atoms with E-state index in [2.05, 4.69) is 17.6 Å². The van der Waals surface area contributed by atoms with E-state index in [9.17, 15) is 9.59 Å². The van der Waals surface area contributed by atoms with E-state index >= 15 is 0 Å². The summed E-state index contributed by atoms with van der Waals surface area (Å²) in [6, 6.07) is 7.67. The van der Waals surface area contributed by atoms with Gasteiger partial charge < -0.3 is 21.1 Å². The van der Waals surface area contributed by atoms with Crippen molar-refractivity contribution in [3.05, 3.63) is 29.8 Å². The van der Waals surface area contributed by atoms with Gasteiger partial charge in [-0.05, 0) is 37.0 Å². The number of nitrogens with two attached hydrogens (primary N) is 1. The Balaban J connectivity index is 0.00000288. The SMILES string of the molecule is CCc1cccc(NC(=O)CNC(=O)C2(CN)CCOCC2)c1.Cl. The average Bonchev–Trinajstić information content (AvgIpc) is 2.60. The number of anilines is 1. The molecule has 7 heteroatoms. The summed E-state index contributed by atoms with van der Waals surface area (Å²) in [6.07, 6.45) is 2.09. The molecule has 0 bridgehead atoms. The topological polar surface area (TPSA) is 93.5 Å². The van der Waals surface area contributed by atoms with E-state index in [4.69, 9.17) is 10.5 Å². The molecule has 1 saturated heterocycles. The molecule has 0 unspecified atom stereocenters. The molecule has 134 valence electrons. The van der Waals surface area contributed by atoms with Crippen LogP contribution in [0.5, 0.6) is 0 Å². The first-order chi connectivity index (χ1) is 11.1. The van der Waals surface area contributed by atoms with Crippen LogP contribution in [0.15, 0.2) is 24.3 Å². The van der Waals surface area contributed by atoms with E-state index < -0.39 is 5.41 Å². The number of carbonyl (C=O) groups excluding carboxylic acids is 2. The Morgan fingerprint density at radius 2 is 2.00 bits per heavy atom. The number of ether oxygens (including phenoxy) is 1. The summed E-state index contributed by atoms with van der Waals surface area (Å²) in [5, 5.41) is 5.50. The van der Waals surface area contributed by atoms with Crippen molar-refractivity contribution in [2.24, 2.45) is 11.1 Å². The van der Waals surface area contributed by atoms with Crippen LogP contribution in [0.1, 0.15) is 25.3 Å². The molecule has 0 radical (unpaired) electrons. The summed E-state index contributed by atoms with van der Waals surface area (Å²) in [4.78, 5) is 24.4. The van der Waals surface area contributed by atoms with Crippen molar-refractivity contribution >= 4 is 29.9 Å². The zero-order chi connectivity index (χ0) is 16.7. The summed E-state index contributed by atoms with van der Waals surface area (Å²) in [7, 11) is 0. The Morgan fingerprint density at radius 1 is 1.29 bits per heavy atom. The first-order valence-corrected chi connectivity index (χ1v) is 8.04. The third-order valence-corrected chi connectivity index (χ3v) is 4.35. The predicted molar refractivity (Wildman–Crippen MR) is 96.2 cm³/mol. The fraction of sp³-hybridized carbons (Fsp3) is 0.529. The van der Waals surface area contributed by atoms with Crippen molar-refractivity contribution in [2.45, 2.75) is 26.2 Å². The second-order valence-corrected chi connectivity index (χ2v) is 5.88. The van der Waals surface area contributed by atoms with Crippen LogP contribution >= 0.6 is 12.4 Å². The van der Waals surface area contributed by atoms with Crippen molar-refractivity contribution in [1.29, 1.82) is 0 Å². The molecule has 0 spiro atoms. The van der Waals surface area contributed by atoms with Crippen molar-refractivity contribution in [3.8, 4) is 0 Å². The van der Waals surface area contributed by atoms with Crippen LogP contribution in [0.3, 0.4) is 0 Å². The molecule has 1 aromatic carbocycles. The summed E-state index contributed by atoms with van der Waals surface area (Å²) < 4.78 is 5.29. The number of rotatable bonds is 6. The van der Waals surface area contributed by atoms with Crippen LogP contribution in [-0.4, -0.2) is 38.1 Å². The lowest BCUT2D eigenvalue weighted by molar-refractivity contribution is -0.137. The Hall–Kier alpha value is -1.63. The predicted octanol–water partition coefficient (Wildman–Crippen LogP) is 1.48. The number of carbonyl (C=O) groups is 2. The number of hydrogen-bond acceptors (Lipinski definition) is 4. The van der Waals surface area contributed by atoms with Crippen molar-refractivity contribution in [3.63, 3.8) is 0 Å². The van der Waals surface area contributed by atoms with Gasteiger partial charge in [0.2, 0.25) is 11.8 Å². The van der Waals surface area contributed by atoms with E-state index in [1.807, 2.05) is 24.3 Å². The molecule has 4 N–H and O–H groups in total. The minimum absolute atomic E-state index is 0. The molecule has 2 amide bonds. The number of nitrogens with one attached hydrogen (secondary N) is 2. The van der Waals surface area contributed by atoms with Crippen LogP contribution in [0.4, 0.5) is 5.69 Å². The molecular formula is C17H26ClN3O3. The minimum atomic E-state index is -0.610. The van der Waals surface area contributed by atoms with Gasteiger partial charge in [-0.1, -0.05) is 19.1 Å². The zero-order valence-corrected chi connectivity index (χ0v) is 14.8. The quantitative estimate of drug-likeness (QED) is 0.720. The van der Waals surface area contributed by atoms with Gasteiger partial charge in [-0.2, -0.15) is 0 Å². The normalized spacial score (nSPS) is 15.9. The number of hydrogen-bond donors (Lipinski definition) is 3. The highest BCUT2D eigenvalue weighted by atomic mass is 35.5. The molecule has 24 heavy (non-hydrogen) atoms. The number of benzene rings is 1. The standard InChI is InChI=1S/C17H25N3O3.ClH/c1-2-13-4-3-5-14(10-13)20-15(21)11-19-16(22)17(12-18)6-8-23-9-7-17;/h3-5,10H,2,6-9,11-12,18H2,1H3,(H,19,22)(H,20,21);1H. The second-order valence-electron chi connectivity index (χ2n) is 5.88. The molecule has 2 rings (SSSR count). The maximum atomic E-state index is 12.4. The third kappa shape index (κ3) is 5.19. The van der Waals surface area contributed by atoms with Gasteiger partial charge in [0.05, 0.1) is 12.0 Å². The van der Waals surface area contributed by atoms with E-state index in [0.29, 0.717) is 26.1 Å².